The highest BCUT2D eigenvalue weighted by Crippen LogP contribution is 2.19. The van der Waals surface area contributed by atoms with Gasteiger partial charge in [0.2, 0.25) is 0 Å². The fourth-order valence-corrected chi connectivity index (χ4v) is 2.49. The molecule has 0 saturated carbocycles. The predicted molar refractivity (Wildman–Crippen MR) is 77.3 cm³/mol. The molecule has 0 bridgehead atoms. The summed E-state index contributed by atoms with van der Waals surface area (Å²) in [6.45, 7) is 2.51. The van der Waals surface area contributed by atoms with Crippen LogP contribution in [0.5, 0.6) is 0 Å². The quantitative estimate of drug-likeness (QED) is 0.797. The van der Waals surface area contributed by atoms with Crippen molar-refractivity contribution in [3.05, 3.63) is 51.7 Å². The van der Waals surface area contributed by atoms with Crippen LogP contribution in [0.3, 0.4) is 0 Å². The van der Waals surface area contributed by atoms with E-state index in [1.165, 1.54) is 0 Å². The number of hydrogen-bond donors (Lipinski definition) is 1. The van der Waals surface area contributed by atoms with E-state index in [0.29, 0.717) is 24.7 Å². The van der Waals surface area contributed by atoms with Crippen LogP contribution in [0.25, 0.3) is 11.5 Å². The third-order valence-electron chi connectivity index (χ3n) is 2.91. The Morgan fingerprint density at radius 2 is 2.00 bits per heavy atom. The SMILES string of the molecule is Cc1nc(Cc2noc(-c3ccc(CN)cc3)n2)cs1. The molecular weight excluding hydrogens is 272 g/mol. The molecule has 3 aromatic rings. The van der Waals surface area contributed by atoms with Gasteiger partial charge in [0.1, 0.15) is 0 Å². The monoisotopic (exact) mass is 286 g/mol. The van der Waals surface area contributed by atoms with Gasteiger partial charge in [-0.05, 0) is 24.6 Å². The summed E-state index contributed by atoms with van der Waals surface area (Å²) in [5.41, 5.74) is 8.52. The molecule has 0 aliphatic heterocycles. The van der Waals surface area contributed by atoms with E-state index in [-0.39, 0.29) is 0 Å². The van der Waals surface area contributed by atoms with Crippen LogP contribution in [0.1, 0.15) is 22.1 Å². The van der Waals surface area contributed by atoms with E-state index in [4.69, 9.17) is 10.3 Å². The molecule has 0 unspecified atom stereocenters. The summed E-state index contributed by atoms with van der Waals surface area (Å²) in [5, 5.41) is 7.05. The topological polar surface area (TPSA) is 77.8 Å². The smallest absolute Gasteiger partial charge is 0.257 e. The molecule has 3 rings (SSSR count). The van der Waals surface area contributed by atoms with Crippen molar-refractivity contribution >= 4 is 11.3 Å². The van der Waals surface area contributed by atoms with Crippen molar-refractivity contribution in [3.8, 4) is 11.5 Å². The van der Waals surface area contributed by atoms with Gasteiger partial charge >= 0.3 is 0 Å². The Balaban J connectivity index is 1.78. The molecule has 0 saturated heterocycles. The van der Waals surface area contributed by atoms with Crippen molar-refractivity contribution in [2.75, 3.05) is 0 Å². The van der Waals surface area contributed by atoms with Gasteiger partial charge in [-0.15, -0.1) is 11.3 Å². The molecule has 0 aliphatic carbocycles. The minimum Gasteiger partial charge on any atom is -0.334 e. The molecule has 0 fully saturated rings. The van der Waals surface area contributed by atoms with Crippen molar-refractivity contribution in [3.63, 3.8) is 0 Å². The Kier molecular flexibility index (Phi) is 3.58. The van der Waals surface area contributed by atoms with Crippen LogP contribution in [-0.4, -0.2) is 15.1 Å². The summed E-state index contributed by atoms with van der Waals surface area (Å²) in [5.74, 6) is 1.17. The second kappa shape index (κ2) is 5.52. The Hall–Kier alpha value is -2.05. The molecular formula is C14H14N4OS. The second-order valence-corrected chi connectivity index (χ2v) is 5.51. The molecule has 0 atom stereocenters. The van der Waals surface area contributed by atoms with E-state index >= 15 is 0 Å². The summed E-state index contributed by atoms with van der Waals surface area (Å²) in [6.07, 6.45) is 0.592. The van der Waals surface area contributed by atoms with Crippen LogP contribution in [-0.2, 0) is 13.0 Å². The first kappa shape index (κ1) is 13.0. The minimum absolute atomic E-state index is 0.524. The molecule has 0 spiro atoms. The van der Waals surface area contributed by atoms with E-state index in [1.54, 1.807) is 11.3 Å². The van der Waals surface area contributed by atoms with Crippen molar-refractivity contribution in [1.82, 2.24) is 15.1 Å². The Labute approximate surface area is 120 Å². The van der Waals surface area contributed by atoms with Gasteiger partial charge in [0.15, 0.2) is 5.82 Å². The van der Waals surface area contributed by atoms with E-state index < -0.39 is 0 Å². The van der Waals surface area contributed by atoms with Gasteiger partial charge in [0, 0.05) is 17.5 Å². The second-order valence-electron chi connectivity index (χ2n) is 4.45. The maximum atomic E-state index is 5.57. The van der Waals surface area contributed by atoms with E-state index in [9.17, 15) is 0 Å². The Bertz CT molecular complexity index is 702. The number of aromatic nitrogens is 3. The molecule has 1 aromatic carbocycles. The zero-order chi connectivity index (χ0) is 13.9. The highest BCUT2D eigenvalue weighted by molar-refractivity contribution is 7.09. The number of thiazole rings is 1. The molecule has 0 amide bonds. The van der Waals surface area contributed by atoms with Crippen LogP contribution in [0.15, 0.2) is 34.2 Å². The standard InChI is InChI=1S/C14H14N4OS/c1-9-16-12(8-20-9)6-13-17-14(19-18-13)11-4-2-10(7-15)3-5-11/h2-5,8H,6-7,15H2,1H3. The number of nitrogens with zero attached hydrogens (tertiary/aromatic N) is 3. The number of benzene rings is 1. The lowest BCUT2D eigenvalue weighted by atomic mass is 10.1. The molecule has 6 heteroatoms. The maximum Gasteiger partial charge on any atom is 0.257 e. The third-order valence-corrected chi connectivity index (χ3v) is 3.73. The van der Waals surface area contributed by atoms with Gasteiger partial charge in [-0.2, -0.15) is 4.98 Å². The Morgan fingerprint density at radius 1 is 1.20 bits per heavy atom. The van der Waals surface area contributed by atoms with Crippen LogP contribution in [0.2, 0.25) is 0 Å². The lowest BCUT2D eigenvalue weighted by Crippen LogP contribution is -1.95. The number of nitrogens with two attached hydrogens (primary N) is 1. The predicted octanol–water partition coefficient (Wildman–Crippen LogP) is 2.55. The van der Waals surface area contributed by atoms with Crippen molar-refractivity contribution < 1.29 is 4.52 Å². The molecule has 2 aromatic heterocycles. The molecule has 2 heterocycles. The normalized spacial score (nSPS) is 10.9. The lowest BCUT2D eigenvalue weighted by Gasteiger charge is -1.97. The highest BCUT2D eigenvalue weighted by atomic mass is 32.1. The van der Waals surface area contributed by atoms with E-state index in [0.717, 1.165) is 21.8 Å². The average molecular weight is 286 g/mol. The van der Waals surface area contributed by atoms with Gasteiger partial charge in [0.25, 0.3) is 5.89 Å². The third kappa shape index (κ3) is 2.76. The van der Waals surface area contributed by atoms with Crippen LogP contribution < -0.4 is 5.73 Å². The first-order valence-electron chi connectivity index (χ1n) is 6.27. The Morgan fingerprint density at radius 3 is 2.65 bits per heavy atom. The first-order valence-corrected chi connectivity index (χ1v) is 7.15. The van der Waals surface area contributed by atoms with Crippen LogP contribution >= 0.6 is 11.3 Å². The van der Waals surface area contributed by atoms with Gasteiger partial charge < -0.3 is 10.3 Å². The summed E-state index contributed by atoms with van der Waals surface area (Å²) >= 11 is 1.62. The molecule has 5 nitrogen and oxygen atoms in total. The van der Waals surface area contributed by atoms with Crippen LogP contribution in [0, 0.1) is 6.92 Å². The first-order chi connectivity index (χ1) is 9.74. The van der Waals surface area contributed by atoms with E-state index in [1.807, 2.05) is 36.6 Å². The van der Waals surface area contributed by atoms with E-state index in [2.05, 4.69) is 15.1 Å². The lowest BCUT2D eigenvalue weighted by molar-refractivity contribution is 0.423. The maximum absolute atomic E-state index is 5.57. The minimum atomic E-state index is 0.524. The number of rotatable bonds is 4. The fourth-order valence-electron chi connectivity index (χ4n) is 1.88. The van der Waals surface area contributed by atoms with Crippen molar-refractivity contribution in [2.45, 2.75) is 19.9 Å². The molecule has 0 aliphatic rings. The average Bonchev–Trinajstić information content (AvgIpc) is 3.09. The molecule has 2 N–H and O–H groups in total. The fraction of sp³-hybridized carbons (Fsp3) is 0.214. The van der Waals surface area contributed by atoms with Crippen LogP contribution in [0.4, 0.5) is 0 Å². The highest BCUT2D eigenvalue weighted by Gasteiger charge is 2.10. The zero-order valence-corrected chi connectivity index (χ0v) is 11.9. The summed E-state index contributed by atoms with van der Waals surface area (Å²) < 4.78 is 5.29. The molecule has 20 heavy (non-hydrogen) atoms. The summed E-state index contributed by atoms with van der Waals surface area (Å²) in [7, 11) is 0. The number of aryl methyl sites for hydroxylation is 1. The van der Waals surface area contributed by atoms with Gasteiger partial charge in [-0.1, -0.05) is 17.3 Å². The largest absolute Gasteiger partial charge is 0.334 e. The van der Waals surface area contributed by atoms with Crippen molar-refractivity contribution in [1.29, 1.82) is 0 Å². The summed E-state index contributed by atoms with van der Waals surface area (Å²) in [4.78, 5) is 8.79. The zero-order valence-electron chi connectivity index (χ0n) is 11.0. The summed E-state index contributed by atoms with van der Waals surface area (Å²) in [6, 6.07) is 7.80. The molecule has 0 radical (unpaired) electrons. The number of hydrogen-bond acceptors (Lipinski definition) is 6. The van der Waals surface area contributed by atoms with Crippen molar-refractivity contribution in [2.24, 2.45) is 5.73 Å². The molecule has 102 valence electrons. The van der Waals surface area contributed by atoms with Gasteiger partial charge in [0.05, 0.1) is 17.1 Å². The van der Waals surface area contributed by atoms with Gasteiger partial charge in [-0.25, -0.2) is 4.98 Å². The van der Waals surface area contributed by atoms with Gasteiger partial charge in [-0.3, -0.25) is 0 Å².